The molecule has 0 bridgehead atoms. The molecule has 0 saturated carbocycles. The molecule has 0 aliphatic heterocycles. The molecule has 1 heterocycles. The summed E-state index contributed by atoms with van der Waals surface area (Å²) >= 11 is 0. The third kappa shape index (κ3) is 2.52. The SMILES string of the molecule is Cc1ccc(-c2ccc(C[C@@H](C)N)o2)cc1. The van der Waals surface area contributed by atoms with Crippen LogP contribution in [0.3, 0.4) is 0 Å². The standard InChI is InChI=1S/C14H17NO/c1-10-3-5-12(6-4-10)14-8-7-13(16-14)9-11(2)15/h3-8,11H,9,15H2,1-2H3/t11-/m1/s1. The van der Waals surface area contributed by atoms with Gasteiger partial charge in [-0.2, -0.15) is 0 Å². The van der Waals surface area contributed by atoms with Gasteiger partial charge in [-0.25, -0.2) is 0 Å². The number of rotatable bonds is 3. The van der Waals surface area contributed by atoms with Crippen molar-refractivity contribution < 1.29 is 4.42 Å². The van der Waals surface area contributed by atoms with E-state index in [-0.39, 0.29) is 6.04 Å². The summed E-state index contributed by atoms with van der Waals surface area (Å²) in [5, 5.41) is 0. The van der Waals surface area contributed by atoms with E-state index in [0.717, 1.165) is 23.5 Å². The summed E-state index contributed by atoms with van der Waals surface area (Å²) < 4.78 is 5.74. The zero-order valence-electron chi connectivity index (χ0n) is 9.73. The average molecular weight is 215 g/mol. The quantitative estimate of drug-likeness (QED) is 0.854. The van der Waals surface area contributed by atoms with E-state index >= 15 is 0 Å². The van der Waals surface area contributed by atoms with Crippen LogP contribution in [0.2, 0.25) is 0 Å². The molecule has 0 radical (unpaired) electrons. The van der Waals surface area contributed by atoms with E-state index in [1.165, 1.54) is 5.56 Å². The van der Waals surface area contributed by atoms with Gasteiger partial charge < -0.3 is 10.2 Å². The number of furan rings is 1. The Balaban J connectivity index is 2.21. The lowest BCUT2D eigenvalue weighted by Gasteiger charge is -2.01. The van der Waals surface area contributed by atoms with Crippen LogP contribution < -0.4 is 5.73 Å². The molecule has 2 rings (SSSR count). The second-order valence-electron chi connectivity index (χ2n) is 4.31. The van der Waals surface area contributed by atoms with E-state index in [9.17, 15) is 0 Å². The zero-order valence-corrected chi connectivity index (χ0v) is 9.73. The van der Waals surface area contributed by atoms with Crippen molar-refractivity contribution in [3.63, 3.8) is 0 Å². The molecule has 0 aliphatic rings. The molecule has 16 heavy (non-hydrogen) atoms. The molecule has 2 heteroatoms. The third-order valence-electron chi connectivity index (χ3n) is 2.52. The fraction of sp³-hybridized carbons (Fsp3) is 0.286. The monoisotopic (exact) mass is 215 g/mol. The Labute approximate surface area is 96.1 Å². The first kappa shape index (κ1) is 11.0. The molecule has 0 spiro atoms. The van der Waals surface area contributed by atoms with Crippen LogP contribution in [0.1, 0.15) is 18.2 Å². The summed E-state index contributed by atoms with van der Waals surface area (Å²) in [6.45, 7) is 4.06. The molecule has 0 unspecified atom stereocenters. The van der Waals surface area contributed by atoms with Gasteiger partial charge in [0.1, 0.15) is 11.5 Å². The normalized spacial score (nSPS) is 12.7. The molecule has 1 aromatic carbocycles. The van der Waals surface area contributed by atoms with Gasteiger partial charge in [-0.1, -0.05) is 29.8 Å². The Morgan fingerprint density at radius 3 is 2.44 bits per heavy atom. The van der Waals surface area contributed by atoms with Crippen molar-refractivity contribution in [1.82, 2.24) is 0 Å². The van der Waals surface area contributed by atoms with Crippen LogP contribution in [-0.2, 0) is 6.42 Å². The highest BCUT2D eigenvalue weighted by atomic mass is 16.3. The largest absolute Gasteiger partial charge is 0.461 e. The number of hydrogen-bond acceptors (Lipinski definition) is 2. The van der Waals surface area contributed by atoms with Gasteiger partial charge in [0.25, 0.3) is 0 Å². The van der Waals surface area contributed by atoms with Crippen LogP contribution in [0, 0.1) is 6.92 Å². The smallest absolute Gasteiger partial charge is 0.134 e. The molecular weight excluding hydrogens is 198 g/mol. The van der Waals surface area contributed by atoms with Gasteiger partial charge in [-0.05, 0) is 26.0 Å². The van der Waals surface area contributed by atoms with Crippen molar-refractivity contribution >= 4 is 0 Å². The Bertz CT molecular complexity index is 454. The summed E-state index contributed by atoms with van der Waals surface area (Å²) in [6.07, 6.45) is 0.784. The average Bonchev–Trinajstić information content (AvgIpc) is 2.66. The second kappa shape index (κ2) is 4.54. The van der Waals surface area contributed by atoms with Crippen LogP contribution in [-0.4, -0.2) is 6.04 Å². The summed E-state index contributed by atoms with van der Waals surface area (Å²) in [5.74, 6) is 1.86. The first-order chi connectivity index (χ1) is 7.65. The van der Waals surface area contributed by atoms with Crippen LogP contribution in [0.15, 0.2) is 40.8 Å². The Hall–Kier alpha value is -1.54. The maximum atomic E-state index is 5.74. The van der Waals surface area contributed by atoms with Crippen LogP contribution in [0.5, 0.6) is 0 Å². The molecule has 2 aromatic rings. The zero-order chi connectivity index (χ0) is 11.5. The predicted octanol–water partition coefficient (Wildman–Crippen LogP) is 3.14. The van der Waals surface area contributed by atoms with Crippen molar-refractivity contribution in [2.24, 2.45) is 5.73 Å². The van der Waals surface area contributed by atoms with E-state index in [2.05, 4.69) is 31.2 Å². The van der Waals surface area contributed by atoms with Gasteiger partial charge in [0.05, 0.1) is 0 Å². The van der Waals surface area contributed by atoms with E-state index in [1.807, 2.05) is 19.1 Å². The summed E-state index contributed by atoms with van der Waals surface area (Å²) in [5.41, 5.74) is 8.10. The van der Waals surface area contributed by atoms with E-state index in [1.54, 1.807) is 0 Å². The van der Waals surface area contributed by atoms with Crippen molar-refractivity contribution in [3.8, 4) is 11.3 Å². The minimum Gasteiger partial charge on any atom is -0.461 e. The van der Waals surface area contributed by atoms with Gasteiger partial charge in [-0.3, -0.25) is 0 Å². The summed E-state index contributed by atoms with van der Waals surface area (Å²) in [4.78, 5) is 0. The number of hydrogen-bond donors (Lipinski definition) is 1. The molecule has 1 aromatic heterocycles. The molecule has 0 saturated heterocycles. The van der Waals surface area contributed by atoms with Crippen molar-refractivity contribution in [3.05, 3.63) is 47.7 Å². The van der Waals surface area contributed by atoms with Crippen LogP contribution in [0.4, 0.5) is 0 Å². The number of benzene rings is 1. The van der Waals surface area contributed by atoms with Gasteiger partial charge in [-0.15, -0.1) is 0 Å². The Morgan fingerprint density at radius 2 is 1.81 bits per heavy atom. The molecule has 2 nitrogen and oxygen atoms in total. The second-order valence-corrected chi connectivity index (χ2v) is 4.31. The molecular formula is C14H17NO. The lowest BCUT2D eigenvalue weighted by Crippen LogP contribution is -2.17. The molecule has 1 atom stereocenters. The van der Waals surface area contributed by atoms with E-state index in [0.29, 0.717) is 0 Å². The van der Waals surface area contributed by atoms with Gasteiger partial charge in [0.15, 0.2) is 0 Å². The molecule has 0 fully saturated rings. The summed E-state index contributed by atoms with van der Waals surface area (Å²) in [6, 6.07) is 12.5. The highest BCUT2D eigenvalue weighted by Gasteiger charge is 2.06. The van der Waals surface area contributed by atoms with Gasteiger partial charge in [0, 0.05) is 18.0 Å². The molecule has 84 valence electrons. The highest BCUT2D eigenvalue weighted by Crippen LogP contribution is 2.22. The number of nitrogens with two attached hydrogens (primary N) is 1. The van der Waals surface area contributed by atoms with Gasteiger partial charge >= 0.3 is 0 Å². The highest BCUT2D eigenvalue weighted by molar-refractivity contribution is 5.57. The van der Waals surface area contributed by atoms with Crippen molar-refractivity contribution in [1.29, 1.82) is 0 Å². The Kier molecular flexibility index (Phi) is 3.11. The fourth-order valence-electron chi connectivity index (χ4n) is 1.68. The van der Waals surface area contributed by atoms with Crippen LogP contribution in [0.25, 0.3) is 11.3 Å². The number of aryl methyl sites for hydroxylation is 1. The van der Waals surface area contributed by atoms with E-state index < -0.39 is 0 Å². The molecule has 2 N–H and O–H groups in total. The third-order valence-corrected chi connectivity index (χ3v) is 2.52. The van der Waals surface area contributed by atoms with Crippen molar-refractivity contribution in [2.45, 2.75) is 26.3 Å². The first-order valence-corrected chi connectivity index (χ1v) is 5.56. The van der Waals surface area contributed by atoms with Gasteiger partial charge in [0.2, 0.25) is 0 Å². The fourth-order valence-corrected chi connectivity index (χ4v) is 1.68. The minimum atomic E-state index is 0.136. The molecule has 0 aliphatic carbocycles. The Morgan fingerprint density at radius 1 is 1.12 bits per heavy atom. The molecule has 0 amide bonds. The topological polar surface area (TPSA) is 39.2 Å². The minimum absolute atomic E-state index is 0.136. The maximum Gasteiger partial charge on any atom is 0.134 e. The van der Waals surface area contributed by atoms with Crippen LogP contribution >= 0.6 is 0 Å². The predicted molar refractivity (Wildman–Crippen MR) is 66.2 cm³/mol. The lowest BCUT2D eigenvalue weighted by molar-refractivity contribution is 0.503. The maximum absolute atomic E-state index is 5.74. The lowest BCUT2D eigenvalue weighted by atomic mass is 10.1. The van der Waals surface area contributed by atoms with E-state index in [4.69, 9.17) is 10.2 Å². The van der Waals surface area contributed by atoms with Crippen molar-refractivity contribution in [2.75, 3.05) is 0 Å². The first-order valence-electron chi connectivity index (χ1n) is 5.56. The summed E-state index contributed by atoms with van der Waals surface area (Å²) in [7, 11) is 0.